The molecule has 1 amide bonds. The second-order valence-electron chi connectivity index (χ2n) is 6.01. The number of carbonyl (C=O) groups is 1. The third-order valence-electron chi connectivity index (χ3n) is 4.27. The molecule has 1 aliphatic rings. The van der Waals surface area contributed by atoms with Crippen LogP contribution in [0.5, 0.6) is 11.5 Å². The van der Waals surface area contributed by atoms with E-state index in [0.29, 0.717) is 22.6 Å². The van der Waals surface area contributed by atoms with Crippen LogP contribution in [0.2, 0.25) is 0 Å². The fourth-order valence-corrected chi connectivity index (χ4v) is 2.96. The third-order valence-corrected chi connectivity index (χ3v) is 4.27. The zero-order chi connectivity index (χ0) is 19.7. The number of ether oxygens (including phenoxy) is 2. The Labute approximate surface area is 157 Å². The molecule has 3 aromatic rings. The van der Waals surface area contributed by atoms with E-state index in [4.69, 9.17) is 9.47 Å². The lowest BCUT2D eigenvalue weighted by Gasteiger charge is -2.22. The van der Waals surface area contributed by atoms with E-state index in [1.807, 2.05) is 0 Å². The fraction of sp³-hybridized carbons (Fsp3) is 0.100. The van der Waals surface area contributed by atoms with Crippen LogP contribution < -0.4 is 20.3 Å². The summed E-state index contributed by atoms with van der Waals surface area (Å²) in [4.78, 5) is 24.7. The SMILES string of the molecule is O=C1COc2c(-c3ccc(F)cc3)cn(-c3ccc(OCF)cc3)c(=O)c2N1. The van der Waals surface area contributed by atoms with Gasteiger partial charge in [0.25, 0.3) is 11.5 Å². The molecular weight excluding hydrogens is 370 g/mol. The van der Waals surface area contributed by atoms with Crippen molar-refractivity contribution in [2.24, 2.45) is 0 Å². The van der Waals surface area contributed by atoms with Gasteiger partial charge in [-0.2, -0.15) is 0 Å². The van der Waals surface area contributed by atoms with E-state index in [1.54, 1.807) is 30.5 Å². The number of rotatable bonds is 4. The summed E-state index contributed by atoms with van der Waals surface area (Å²) < 4.78 is 37.2. The molecule has 0 spiro atoms. The number of aromatic nitrogens is 1. The van der Waals surface area contributed by atoms with Gasteiger partial charge in [0.1, 0.15) is 11.6 Å². The number of nitrogens with one attached hydrogen (secondary N) is 1. The van der Waals surface area contributed by atoms with Gasteiger partial charge in [-0.1, -0.05) is 12.1 Å². The molecule has 1 N–H and O–H groups in total. The number of nitrogens with zero attached hydrogens (tertiary/aromatic N) is 1. The van der Waals surface area contributed by atoms with Crippen molar-refractivity contribution in [1.29, 1.82) is 0 Å². The number of carbonyl (C=O) groups excluding carboxylic acids is 1. The Balaban J connectivity index is 1.90. The normalized spacial score (nSPS) is 12.7. The Bertz CT molecular complexity index is 1090. The number of alkyl halides is 1. The Kier molecular flexibility index (Phi) is 4.52. The van der Waals surface area contributed by atoms with Crippen LogP contribution in [0.25, 0.3) is 16.8 Å². The Morgan fingerprint density at radius 2 is 1.79 bits per heavy atom. The third kappa shape index (κ3) is 3.20. The average molecular weight is 384 g/mol. The standard InChI is InChI=1S/C20H14F2N2O4/c21-11-28-15-7-5-14(6-8-15)24-9-16(12-1-3-13(22)4-2-12)19-18(20(24)26)23-17(25)10-27-19/h1-9H,10-11H2,(H,23,25). The molecule has 0 radical (unpaired) electrons. The number of hydrogen-bond acceptors (Lipinski definition) is 4. The first-order valence-corrected chi connectivity index (χ1v) is 8.34. The molecule has 0 bridgehead atoms. The number of hydrogen-bond donors (Lipinski definition) is 1. The fourth-order valence-electron chi connectivity index (χ4n) is 2.96. The van der Waals surface area contributed by atoms with Crippen molar-refractivity contribution in [3.8, 4) is 28.3 Å². The summed E-state index contributed by atoms with van der Waals surface area (Å²) in [5, 5.41) is 2.55. The van der Waals surface area contributed by atoms with Crippen LogP contribution in [0.4, 0.5) is 14.5 Å². The molecule has 2 heterocycles. The molecule has 0 fully saturated rings. The molecule has 1 aromatic heterocycles. The first kappa shape index (κ1) is 17.7. The summed E-state index contributed by atoms with van der Waals surface area (Å²) >= 11 is 0. The van der Waals surface area contributed by atoms with E-state index in [9.17, 15) is 18.4 Å². The number of benzene rings is 2. The predicted octanol–water partition coefficient (Wildman–Crippen LogP) is 3.28. The van der Waals surface area contributed by atoms with E-state index in [-0.39, 0.29) is 18.0 Å². The van der Waals surface area contributed by atoms with Crippen LogP contribution in [0.1, 0.15) is 0 Å². The second-order valence-corrected chi connectivity index (χ2v) is 6.01. The van der Waals surface area contributed by atoms with E-state index in [0.717, 1.165) is 0 Å². The van der Waals surface area contributed by atoms with Crippen LogP contribution >= 0.6 is 0 Å². The van der Waals surface area contributed by atoms with E-state index in [1.165, 1.54) is 28.8 Å². The summed E-state index contributed by atoms with van der Waals surface area (Å²) in [7, 11) is 0. The van der Waals surface area contributed by atoms with Crippen molar-refractivity contribution in [1.82, 2.24) is 4.57 Å². The molecule has 0 atom stereocenters. The molecule has 8 heteroatoms. The van der Waals surface area contributed by atoms with Crippen molar-refractivity contribution in [2.75, 3.05) is 18.8 Å². The maximum Gasteiger partial charge on any atom is 0.282 e. The van der Waals surface area contributed by atoms with Gasteiger partial charge in [0.15, 0.2) is 18.0 Å². The minimum atomic E-state index is -0.962. The number of fused-ring (bicyclic) bond motifs is 1. The quantitative estimate of drug-likeness (QED) is 0.750. The lowest BCUT2D eigenvalue weighted by molar-refractivity contribution is -0.118. The summed E-state index contributed by atoms with van der Waals surface area (Å²) in [5.74, 6) is -0.305. The van der Waals surface area contributed by atoms with Crippen LogP contribution in [0.3, 0.4) is 0 Å². The van der Waals surface area contributed by atoms with Gasteiger partial charge in [-0.3, -0.25) is 14.2 Å². The highest BCUT2D eigenvalue weighted by molar-refractivity contribution is 5.97. The maximum absolute atomic E-state index is 13.3. The van der Waals surface area contributed by atoms with Crippen LogP contribution in [-0.2, 0) is 4.79 Å². The highest BCUT2D eigenvalue weighted by Gasteiger charge is 2.25. The first-order valence-electron chi connectivity index (χ1n) is 8.34. The molecule has 6 nitrogen and oxygen atoms in total. The molecular formula is C20H14F2N2O4. The number of pyridine rings is 1. The monoisotopic (exact) mass is 384 g/mol. The van der Waals surface area contributed by atoms with Gasteiger partial charge in [0, 0.05) is 17.4 Å². The Hall–Kier alpha value is -3.68. The molecule has 2 aromatic carbocycles. The lowest BCUT2D eigenvalue weighted by atomic mass is 10.0. The van der Waals surface area contributed by atoms with Gasteiger partial charge >= 0.3 is 0 Å². The molecule has 0 aliphatic carbocycles. The van der Waals surface area contributed by atoms with Crippen molar-refractivity contribution < 1.29 is 23.0 Å². The van der Waals surface area contributed by atoms with Crippen molar-refractivity contribution in [3.05, 3.63) is 70.9 Å². The van der Waals surface area contributed by atoms with Crippen molar-refractivity contribution in [2.45, 2.75) is 0 Å². The summed E-state index contributed by atoms with van der Waals surface area (Å²) in [6.45, 7) is -1.18. The highest BCUT2D eigenvalue weighted by Crippen LogP contribution is 2.36. The molecule has 1 aliphatic heterocycles. The van der Waals surface area contributed by atoms with Crippen LogP contribution in [-0.4, -0.2) is 23.9 Å². The second kappa shape index (κ2) is 7.15. The van der Waals surface area contributed by atoms with Gasteiger partial charge in [-0.15, -0.1) is 0 Å². The summed E-state index contributed by atoms with van der Waals surface area (Å²) in [6, 6.07) is 11.9. The average Bonchev–Trinajstić information content (AvgIpc) is 2.70. The van der Waals surface area contributed by atoms with Gasteiger partial charge in [0.2, 0.25) is 6.86 Å². The van der Waals surface area contributed by atoms with Crippen LogP contribution in [0.15, 0.2) is 59.5 Å². The molecule has 28 heavy (non-hydrogen) atoms. The number of anilines is 1. The van der Waals surface area contributed by atoms with Gasteiger partial charge in [-0.05, 0) is 42.0 Å². The Morgan fingerprint density at radius 3 is 2.46 bits per heavy atom. The topological polar surface area (TPSA) is 69.6 Å². The van der Waals surface area contributed by atoms with E-state index >= 15 is 0 Å². The van der Waals surface area contributed by atoms with Gasteiger partial charge in [-0.25, -0.2) is 8.78 Å². The molecule has 0 unspecified atom stereocenters. The smallest absolute Gasteiger partial charge is 0.282 e. The predicted molar refractivity (Wildman–Crippen MR) is 98.2 cm³/mol. The van der Waals surface area contributed by atoms with Crippen molar-refractivity contribution >= 4 is 11.6 Å². The minimum Gasteiger partial charge on any atom is -0.481 e. The lowest BCUT2D eigenvalue weighted by Crippen LogP contribution is -2.33. The zero-order valence-electron chi connectivity index (χ0n) is 14.4. The molecule has 0 saturated carbocycles. The maximum atomic E-state index is 13.3. The summed E-state index contributed by atoms with van der Waals surface area (Å²) in [5.41, 5.74) is 1.11. The Morgan fingerprint density at radius 1 is 1.07 bits per heavy atom. The van der Waals surface area contributed by atoms with Crippen LogP contribution in [0, 0.1) is 5.82 Å². The zero-order valence-corrected chi connectivity index (χ0v) is 14.4. The highest BCUT2D eigenvalue weighted by atomic mass is 19.1. The summed E-state index contributed by atoms with van der Waals surface area (Å²) in [6.07, 6.45) is 1.55. The number of halogens is 2. The van der Waals surface area contributed by atoms with Gasteiger partial charge in [0.05, 0.1) is 0 Å². The molecule has 4 rings (SSSR count). The molecule has 0 saturated heterocycles. The van der Waals surface area contributed by atoms with E-state index in [2.05, 4.69) is 5.32 Å². The largest absolute Gasteiger partial charge is 0.481 e. The first-order chi connectivity index (χ1) is 13.6. The number of amides is 1. The van der Waals surface area contributed by atoms with Crippen molar-refractivity contribution in [3.63, 3.8) is 0 Å². The molecule has 142 valence electrons. The van der Waals surface area contributed by atoms with Gasteiger partial charge < -0.3 is 14.8 Å². The van der Waals surface area contributed by atoms with E-state index < -0.39 is 24.1 Å². The minimum absolute atomic E-state index is 0.00200.